The number of carbonyl (C=O) groups is 1. The summed E-state index contributed by atoms with van der Waals surface area (Å²) in [5, 5.41) is 3.14. The molecular formula is C14H26N2O. The van der Waals surface area contributed by atoms with Crippen molar-refractivity contribution in [3.8, 4) is 0 Å². The number of nitrogens with two attached hydrogens (primary N) is 1. The summed E-state index contributed by atoms with van der Waals surface area (Å²) in [4.78, 5) is 12.0. The molecule has 0 aromatic carbocycles. The van der Waals surface area contributed by atoms with Gasteiger partial charge < -0.3 is 11.1 Å². The van der Waals surface area contributed by atoms with Crippen LogP contribution in [-0.2, 0) is 4.79 Å². The average molecular weight is 238 g/mol. The molecular weight excluding hydrogens is 212 g/mol. The van der Waals surface area contributed by atoms with Gasteiger partial charge in [0, 0.05) is 12.5 Å². The number of hydrogen-bond acceptors (Lipinski definition) is 2. The van der Waals surface area contributed by atoms with E-state index < -0.39 is 0 Å². The molecule has 3 nitrogen and oxygen atoms in total. The molecule has 2 aliphatic rings. The summed E-state index contributed by atoms with van der Waals surface area (Å²) in [5.41, 5.74) is 5.70. The summed E-state index contributed by atoms with van der Waals surface area (Å²) in [6.45, 7) is 5.94. The van der Waals surface area contributed by atoms with Gasteiger partial charge in [0.1, 0.15) is 0 Å². The van der Waals surface area contributed by atoms with Crippen LogP contribution in [0.5, 0.6) is 0 Å². The molecule has 2 rings (SSSR count). The largest absolute Gasteiger partial charge is 0.355 e. The molecule has 0 spiro atoms. The standard InChI is InChI=1S/C14H26N2O/c1-14(2,4-3-5-15)9-16-13(17)12-7-10-6-11(10)8-12/h10-12H,3-9,15H2,1-2H3,(H,16,17). The van der Waals surface area contributed by atoms with Gasteiger partial charge in [-0.2, -0.15) is 0 Å². The Morgan fingerprint density at radius 2 is 1.94 bits per heavy atom. The van der Waals surface area contributed by atoms with Crippen molar-refractivity contribution in [1.82, 2.24) is 5.32 Å². The van der Waals surface area contributed by atoms with E-state index in [1.54, 1.807) is 0 Å². The molecule has 2 atom stereocenters. The summed E-state index contributed by atoms with van der Waals surface area (Å²) >= 11 is 0. The average Bonchev–Trinajstić information content (AvgIpc) is 2.91. The van der Waals surface area contributed by atoms with E-state index in [-0.39, 0.29) is 11.3 Å². The van der Waals surface area contributed by atoms with Gasteiger partial charge in [0.15, 0.2) is 0 Å². The van der Waals surface area contributed by atoms with E-state index in [9.17, 15) is 4.79 Å². The second-order valence-corrected chi connectivity index (χ2v) is 6.70. The maximum Gasteiger partial charge on any atom is 0.223 e. The van der Waals surface area contributed by atoms with E-state index >= 15 is 0 Å². The first-order chi connectivity index (χ1) is 8.02. The van der Waals surface area contributed by atoms with Crippen LogP contribution in [-0.4, -0.2) is 19.0 Å². The molecule has 2 fully saturated rings. The molecule has 17 heavy (non-hydrogen) atoms. The molecule has 0 aromatic heterocycles. The Morgan fingerprint density at radius 3 is 2.53 bits per heavy atom. The van der Waals surface area contributed by atoms with Crippen molar-refractivity contribution >= 4 is 5.91 Å². The maximum atomic E-state index is 12.0. The molecule has 0 saturated heterocycles. The fraction of sp³-hybridized carbons (Fsp3) is 0.929. The second-order valence-electron chi connectivity index (χ2n) is 6.70. The predicted octanol–water partition coefficient (Wildman–Crippen LogP) is 1.91. The molecule has 0 aromatic rings. The Kier molecular flexibility index (Phi) is 3.76. The quantitative estimate of drug-likeness (QED) is 0.742. The van der Waals surface area contributed by atoms with Crippen molar-refractivity contribution in [3.05, 3.63) is 0 Å². The lowest BCUT2D eigenvalue weighted by Gasteiger charge is -2.25. The molecule has 0 heterocycles. The monoisotopic (exact) mass is 238 g/mol. The van der Waals surface area contributed by atoms with Crippen LogP contribution < -0.4 is 11.1 Å². The van der Waals surface area contributed by atoms with E-state index in [4.69, 9.17) is 5.73 Å². The molecule has 2 unspecified atom stereocenters. The molecule has 3 N–H and O–H groups in total. The van der Waals surface area contributed by atoms with Gasteiger partial charge in [0.05, 0.1) is 0 Å². The van der Waals surface area contributed by atoms with Crippen LogP contribution in [0.1, 0.15) is 46.0 Å². The Labute approximate surface area is 105 Å². The Bertz CT molecular complexity index is 278. The molecule has 98 valence electrons. The highest BCUT2D eigenvalue weighted by Crippen LogP contribution is 2.54. The summed E-state index contributed by atoms with van der Waals surface area (Å²) in [6.07, 6.45) is 5.78. The Hall–Kier alpha value is -0.570. The Balaban J connectivity index is 1.68. The van der Waals surface area contributed by atoms with Crippen molar-refractivity contribution in [1.29, 1.82) is 0 Å². The van der Waals surface area contributed by atoms with Crippen LogP contribution in [0.2, 0.25) is 0 Å². The number of nitrogens with one attached hydrogen (secondary N) is 1. The highest BCUT2D eigenvalue weighted by molar-refractivity contribution is 5.79. The van der Waals surface area contributed by atoms with Crippen LogP contribution in [0.15, 0.2) is 0 Å². The minimum Gasteiger partial charge on any atom is -0.355 e. The third-order valence-corrected chi connectivity index (χ3v) is 4.41. The topological polar surface area (TPSA) is 55.1 Å². The summed E-state index contributed by atoms with van der Waals surface area (Å²) in [6, 6.07) is 0. The lowest BCUT2D eigenvalue weighted by molar-refractivity contribution is -0.125. The molecule has 0 aliphatic heterocycles. The zero-order chi connectivity index (χ0) is 12.5. The fourth-order valence-electron chi connectivity index (χ4n) is 3.07. The zero-order valence-corrected chi connectivity index (χ0v) is 11.2. The molecule has 2 saturated carbocycles. The number of hydrogen-bond donors (Lipinski definition) is 2. The first-order valence-corrected chi connectivity index (χ1v) is 6.99. The number of carbonyl (C=O) groups excluding carboxylic acids is 1. The predicted molar refractivity (Wildman–Crippen MR) is 69.4 cm³/mol. The zero-order valence-electron chi connectivity index (χ0n) is 11.2. The van der Waals surface area contributed by atoms with E-state index in [0.29, 0.717) is 5.92 Å². The molecule has 1 amide bonds. The fourth-order valence-corrected chi connectivity index (χ4v) is 3.07. The van der Waals surface area contributed by atoms with Crippen molar-refractivity contribution < 1.29 is 4.79 Å². The third-order valence-electron chi connectivity index (χ3n) is 4.41. The van der Waals surface area contributed by atoms with Crippen LogP contribution in [0, 0.1) is 23.2 Å². The summed E-state index contributed by atoms with van der Waals surface area (Å²) in [5.74, 6) is 2.37. The van der Waals surface area contributed by atoms with Crippen molar-refractivity contribution in [2.45, 2.75) is 46.0 Å². The smallest absolute Gasteiger partial charge is 0.223 e. The Morgan fingerprint density at radius 1 is 1.29 bits per heavy atom. The number of rotatable bonds is 6. The van der Waals surface area contributed by atoms with Crippen molar-refractivity contribution in [2.24, 2.45) is 28.9 Å². The van der Waals surface area contributed by atoms with Gasteiger partial charge in [0.2, 0.25) is 5.91 Å². The normalized spacial score (nSPS) is 31.1. The first-order valence-electron chi connectivity index (χ1n) is 6.99. The van der Waals surface area contributed by atoms with E-state index in [1.807, 2.05) is 0 Å². The highest BCUT2D eigenvalue weighted by atomic mass is 16.1. The van der Waals surface area contributed by atoms with E-state index in [0.717, 1.165) is 50.6 Å². The van der Waals surface area contributed by atoms with Gasteiger partial charge in [-0.1, -0.05) is 13.8 Å². The van der Waals surface area contributed by atoms with Gasteiger partial charge in [-0.15, -0.1) is 0 Å². The van der Waals surface area contributed by atoms with E-state index in [2.05, 4.69) is 19.2 Å². The van der Waals surface area contributed by atoms with Crippen LogP contribution >= 0.6 is 0 Å². The number of amides is 1. The highest BCUT2D eigenvalue weighted by Gasteiger charge is 2.47. The SMILES string of the molecule is CC(C)(CCCN)CNC(=O)C1CC2CC2C1. The minimum atomic E-state index is 0.177. The first kappa shape index (κ1) is 12.9. The third kappa shape index (κ3) is 3.44. The van der Waals surface area contributed by atoms with Crippen molar-refractivity contribution in [2.75, 3.05) is 13.1 Å². The van der Waals surface area contributed by atoms with Gasteiger partial charge in [-0.3, -0.25) is 4.79 Å². The van der Waals surface area contributed by atoms with Gasteiger partial charge >= 0.3 is 0 Å². The van der Waals surface area contributed by atoms with Gasteiger partial charge in [0.25, 0.3) is 0 Å². The minimum absolute atomic E-state index is 0.177. The summed E-state index contributed by atoms with van der Waals surface area (Å²) < 4.78 is 0. The molecule has 2 aliphatic carbocycles. The summed E-state index contributed by atoms with van der Waals surface area (Å²) in [7, 11) is 0. The van der Waals surface area contributed by atoms with Gasteiger partial charge in [-0.25, -0.2) is 0 Å². The molecule has 0 radical (unpaired) electrons. The maximum absolute atomic E-state index is 12.0. The second kappa shape index (κ2) is 4.97. The lowest BCUT2D eigenvalue weighted by atomic mass is 9.87. The molecule has 3 heteroatoms. The van der Waals surface area contributed by atoms with Crippen LogP contribution in [0.25, 0.3) is 0 Å². The molecule has 0 bridgehead atoms. The van der Waals surface area contributed by atoms with Crippen LogP contribution in [0.3, 0.4) is 0 Å². The lowest BCUT2D eigenvalue weighted by Crippen LogP contribution is -2.37. The van der Waals surface area contributed by atoms with Gasteiger partial charge in [-0.05, 0) is 55.9 Å². The van der Waals surface area contributed by atoms with Crippen LogP contribution in [0.4, 0.5) is 0 Å². The van der Waals surface area contributed by atoms with Crippen molar-refractivity contribution in [3.63, 3.8) is 0 Å². The number of fused-ring (bicyclic) bond motifs is 1. The van der Waals surface area contributed by atoms with E-state index in [1.165, 1.54) is 6.42 Å².